The van der Waals surface area contributed by atoms with Crippen LogP contribution < -0.4 is 5.32 Å². The molecule has 0 aliphatic heterocycles. The number of nitrogens with one attached hydrogen (secondary N) is 1. The van der Waals surface area contributed by atoms with Crippen LogP contribution in [0, 0.1) is 17.2 Å². The van der Waals surface area contributed by atoms with Gasteiger partial charge in [0.1, 0.15) is 11.1 Å². The quantitative estimate of drug-likeness (QED) is 0.405. The Morgan fingerprint density at radius 1 is 1.26 bits per heavy atom. The van der Waals surface area contributed by atoms with E-state index < -0.39 is 17.8 Å². The first-order valence-corrected chi connectivity index (χ1v) is 11.5. The summed E-state index contributed by atoms with van der Waals surface area (Å²) < 4.78 is 42.1. The van der Waals surface area contributed by atoms with E-state index in [9.17, 15) is 23.2 Å². The maximum atomic E-state index is 13.8. The van der Waals surface area contributed by atoms with Gasteiger partial charge >= 0.3 is 6.18 Å². The smallest absolute Gasteiger partial charge is 0.311 e. The predicted molar refractivity (Wildman–Crippen MR) is 122 cm³/mol. The molecule has 0 saturated heterocycles. The maximum Gasteiger partial charge on any atom is 0.433 e. The van der Waals surface area contributed by atoms with Crippen LogP contribution in [0.2, 0.25) is 0 Å². The number of halogens is 3. The summed E-state index contributed by atoms with van der Waals surface area (Å²) in [6.07, 6.45) is -2.14. The highest BCUT2D eigenvalue weighted by Crippen LogP contribution is 2.39. The largest absolute Gasteiger partial charge is 0.433 e. The second kappa shape index (κ2) is 8.25. The Hall–Kier alpha value is -3.71. The number of hydrogen-bond acceptors (Lipinski definition) is 5. The summed E-state index contributed by atoms with van der Waals surface area (Å²) >= 11 is 1.34. The van der Waals surface area contributed by atoms with E-state index in [4.69, 9.17) is 0 Å². The van der Waals surface area contributed by atoms with Crippen LogP contribution >= 0.6 is 11.3 Å². The Morgan fingerprint density at radius 3 is 2.74 bits per heavy atom. The SMILES string of the molecule is CC1CCc2c(sc(NC(=O)c3cc4nc(-c5ccccc5)cc(C(F)(F)F)n4n3)c2C#N)C1. The van der Waals surface area contributed by atoms with Crippen molar-refractivity contribution in [3.8, 4) is 17.3 Å². The summed E-state index contributed by atoms with van der Waals surface area (Å²) in [5.74, 6) is -0.201. The minimum absolute atomic E-state index is 0.0985. The number of carbonyl (C=O) groups excluding carboxylic acids is 1. The number of nitriles is 1. The molecule has 6 nitrogen and oxygen atoms in total. The van der Waals surface area contributed by atoms with E-state index in [2.05, 4.69) is 28.4 Å². The van der Waals surface area contributed by atoms with Gasteiger partial charge in [0, 0.05) is 16.5 Å². The second-order valence-electron chi connectivity index (χ2n) is 8.31. The summed E-state index contributed by atoms with van der Waals surface area (Å²) in [6.45, 7) is 2.14. The Labute approximate surface area is 196 Å². The van der Waals surface area contributed by atoms with E-state index in [1.807, 2.05) is 0 Å². The van der Waals surface area contributed by atoms with Gasteiger partial charge in [-0.15, -0.1) is 11.3 Å². The lowest BCUT2D eigenvalue weighted by Crippen LogP contribution is -2.15. The lowest BCUT2D eigenvalue weighted by molar-refractivity contribution is -0.142. The van der Waals surface area contributed by atoms with Crippen LogP contribution in [0.5, 0.6) is 0 Å². The van der Waals surface area contributed by atoms with Gasteiger partial charge in [0.2, 0.25) is 0 Å². The number of aromatic nitrogens is 3. The zero-order valence-electron chi connectivity index (χ0n) is 18.0. The zero-order valence-corrected chi connectivity index (χ0v) is 18.8. The third-order valence-corrected chi connectivity index (χ3v) is 7.04. The molecule has 3 heterocycles. The van der Waals surface area contributed by atoms with Crippen molar-refractivity contribution >= 4 is 27.9 Å². The Morgan fingerprint density at radius 2 is 2.03 bits per heavy atom. The van der Waals surface area contributed by atoms with Crippen molar-refractivity contribution in [2.45, 2.75) is 32.4 Å². The van der Waals surface area contributed by atoms with Crippen molar-refractivity contribution in [1.29, 1.82) is 5.26 Å². The molecule has 1 aliphatic rings. The molecule has 1 amide bonds. The third kappa shape index (κ3) is 3.92. The number of carbonyl (C=O) groups is 1. The third-order valence-electron chi connectivity index (χ3n) is 5.87. The van der Waals surface area contributed by atoms with Gasteiger partial charge in [-0.3, -0.25) is 4.79 Å². The van der Waals surface area contributed by atoms with Crippen molar-refractivity contribution in [1.82, 2.24) is 14.6 Å². The fourth-order valence-corrected chi connectivity index (χ4v) is 5.52. The molecule has 4 aromatic rings. The molecule has 1 unspecified atom stereocenters. The minimum atomic E-state index is -4.71. The van der Waals surface area contributed by atoms with E-state index in [-0.39, 0.29) is 17.0 Å². The van der Waals surface area contributed by atoms with Crippen molar-refractivity contribution in [3.05, 3.63) is 69.9 Å². The topological polar surface area (TPSA) is 83.1 Å². The van der Waals surface area contributed by atoms with Crippen LogP contribution in [0.4, 0.5) is 18.2 Å². The molecule has 10 heteroatoms. The molecule has 1 aliphatic carbocycles. The number of alkyl halides is 3. The van der Waals surface area contributed by atoms with Crippen molar-refractivity contribution < 1.29 is 18.0 Å². The van der Waals surface area contributed by atoms with E-state index >= 15 is 0 Å². The lowest BCUT2D eigenvalue weighted by Gasteiger charge is -2.17. The molecule has 34 heavy (non-hydrogen) atoms. The van der Waals surface area contributed by atoms with E-state index in [1.165, 1.54) is 17.4 Å². The van der Waals surface area contributed by atoms with Crippen LogP contribution in [0.15, 0.2) is 42.5 Å². The van der Waals surface area contributed by atoms with Gasteiger partial charge in [-0.25, -0.2) is 9.50 Å². The number of thiophene rings is 1. The summed E-state index contributed by atoms with van der Waals surface area (Å²) in [4.78, 5) is 18.3. The van der Waals surface area contributed by atoms with Gasteiger partial charge in [-0.1, -0.05) is 37.3 Å². The standard InChI is InChI=1S/C24H18F3N5OS/c1-13-7-8-15-16(12-28)23(34-19(15)9-13)30-22(33)18-11-21-29-17(14-5-3-2-4-6-14)10-20(24(25,26)27)32(21)31-18/h2-6,10-11,13H,7-9H2,1H3,(H,30,33). The van der Waals surface area contributed by atoms with Crippen molar-refractivity contribution in [2.24, 2.45) is 5.92 Å². The van der Waals surface area contributed by atoms with Crippen LogP contribution in [0.25, 0.3) is 16.9 Å². The van der Waals surface area contributed by atoms with Crippen LogP contribution in [-0.4, -0.2) is 20.5 Å². The lowest BCUT2D eigenvalue weighted by atomic mass is 9.89. The van der Waals surface area contributed by atoms with Gasteiger partial charge in [-0.05, 0) is 36.8 Å². The van der Waals surface area contributed by atoms with E-state index in [1.54, 1.807) is 30.3 Å². The summed E-state index contributed by atoms with van der Waals surface area (Å²) in [6, 6.07) is 12.8. The van der Waals surface area contributed by atoms with E-state index in [0.29, 0.717) is 26.6 Å². The summed E-state index contributed by atoms with van der Waals surface area (Å²) in [7, 11) is 0. The molecular weight excluding hydrogens is 463 g/mol. The molecule has 0 spiro atoms. The second-order valence-corrected chi connectivity index (χ2v) is 9.42. The molecule has 3 aromatic heterocycles. The number of benzene rings is 1. The van der Waals surface area contributed by atoms with E-state index in [0.717, 1.165) is 35.8 Å². The monoisotopic (exact) mass is 481 g/mol. The first-order chi connectivity index (χ1) is 16.2. The molecule has 5 rings (SSSR count). The first-order valence-electron chi connectivity index (χ1n) is 10.6. The fraction of sp³-hybridized carbons (Fsp3) is 0.250. The fourth-order valence-electron chi connectivity index (χ4n) is 4.17. The maximum absolute atomic E-state index is 13.8. The normalized spacial score (nSPS) is 15.7. The van der Waals surface area contributed by atoms with Gasteiger partial charge in [0.05, 0.1) is 11.3 Å². The number of hydrogen-bond donors (Lipinski definition) is 1. The molecule has 0 fully saturated rings. The number of amides is 1. The molecule has 0 saturated carbocycles. The number of rotatable bonds is 3. The molecule has 1 aromatic carbocycles. The van der Waals surface area contributed by atoms with Crippen LogP contribution in [-0.2, 0) is 19.0 Å². The number of nitrogens with zero attached hydrogens (tertiary/aromatic N) is 4. The molecule has 172 valence electrons. The molecular formula is C24H18F3N5OS. The number of fused-ring (bicyclic) bond motifs is 2. The molecule has 0 bridgehead atoms. The minimum Gasteiger partial charge on any atom is -0.311 e. The molecule has 1 atom stereocenters. The van der Waals surface area contributed by atoms with Gasteiger partial charge < -0.3 is 5.32 Å². The highest BCUT2D eigenvalue weighted by Gasteiger charge is 2.36. The molecule has 0 radical (unpaired) electrons. The Bertz CT molecular complexity index is 1450. The van der Waals surface area contributed by atoms with Crippen LogP contribution in [0.3, 0.4) is 0 Å². The summed E-state index contributed by atoms with van der Waals surface area (Å²) in [5, 5.41) is 16.6. The Balaban J connectivity index is 1.54. The average Bonchev–Trinajstić information content (AvgIpc) is 3.38. The highest BCUT2D eigenvalue weighted by atomic mass is 32.1. The van der Waals surface area contributed by atoms with Crippen LogP contribution in [0.1, 0.15) is 45.5 Å². The highest BCUT2D eigenvalue weighted by molar-refractivity contribution is 7.16. The average molecular weight is 482 g/mol. The summed E-state index contributed by atoms with van der Waals surface area (Å²) in [5.41, 5.74) is 0.659. The van der Waals surface area contributed by atoms with Gasteiger partial charge in [-0.2, -0.15) is 23.5 Å². The van der Waals surface area contributed by atoms with Gasteiger partial charge in [0.15, 0.2) is 17.0 Å². The van der Waals surface area contributed by atoms with Crippen molar-refractivity contribution in [2.75, 3.05) is 5.32 Å². The predicted octanol–water partition coefficient (Wildman–Crippen LogP) is 5.73. The Kier molecular flexibility index (Phi) is 5.37. The van der Waals surface area contributed by atoms with Gasteiger partial charge in [0.25, 0.3) is 5.91 Å². The zero-order chi connectivity index (χ0) is 24.0. The van der Waals surface area contributed by atoms with Crippen molar-refractivity contribution in [3.63, 3.8) is 0 Å². The first kappa shape index (κ1) is 22.1. The molecule has 1 N–H and O–H groups in total. The number of anilines is 1.